The minimum absolute atomic E-state index is 0.0197. The zero-order valence-corrected chi connectivity index (χ0v) is 19.7. The number of benzene rings is 2. The third kappa shape index (κ3) is 6.05. The number of rotatable bonds is 8. The van der Waals surface area contributed by atoms with Gasteiger partial charge in [0.2, 0.25) is 15.9 Å². The molecule has 0 spiro atoms. The summed E-state index contributed by atoms with van der Waals surface area (Å²) in [4.78, 5) is 12.0. The van der Waals surface area contributed by atoms with Crippen LogP contribution in [0.2, 0.25) is 10.0 Å². The zero-order chi connectivity index (χ0) is 22.6. The van der Waals surface area contributed by atoms with Gasteiger partial charge < -0.3 is 5.32 Å². The van der Waals surface area contributed by atoms with Crippen LogP contribution in [0.1, 0.15) is 12.0 Å². The number of hydrogen-bond donors (Lipinski definition) is 2. The Balaban J connectivity index is 1.58. The predicted molar refractivity (Wildman–Crippen MR) is 120 cm³/mol. The minimum atomic E-state index is -3.99. The summed E-state index contributed by atoms with van der Waals surface area (Å²) in [5.41, 5.74) is 0.447. The average molecular weight is 550 g/mol. The highest BCUT2D eigenvalue weighted by molar-refractivity contribution is 9.10. The molecular weight excluding hydrogens is 534 g/mol. The van der Waals surface area contributed by atoms with E-state index >= 15 is 0 Å². The number of amides is 1. The molecule has 7 nitrogen and oxygen atoms in total. The van der Waals surface area contributed by atoms with Crippen LogP contribution in [-0.2, 0) is 21.4 Å². The maximum Gasteiger partial charge on any atom is 0.243 e. The van der Waals surface area contributed by atoms with E-state index in [1.165, 1.54) is 28.9 Å². The molecule has 0 unspecified atom stereocenters. The molecule has 0 fully saturated rings. The predicted octanol–water partition coefficient (Wildman–Crippen LogP) is 4.45. The molecule has 2 aromatic carbocycles. The normalized spacial score (nSPS) is 11.5. The van der Waals surface area contributed by atoms with Crippen LogP contribution in [0.4, 0.5) is 10.2 Å². The highest BCUT2D eigenvalue weighted by atomic mass is 79.9. The SMILES string of the molecule is O=C(CCNS(=O)(=O)c1c(Cl)cccc1Cl)Nc1nn(Cc2ccccc2F)cc1Br. The smallest absolute Gasteiger partial charge is 0.243 e. The van der Waals surface area contributed by atoms with Gasteiger partial charge in [0.15, 0.2) is 5.82 Å². The standard InChI is InChI=1S/C19H16BrCl2FN4O3S/c20-13-11-27(10-12-4-1-2-7-16(12)23)26-19(13)25-17(28)8-9-24-31(29,30)18-14(21)5-3-6-15(18)22/h1-7,11,24H,8-10H2,(H,25,26,28). The fourth-order valence-corrected chi connectivity index (χ4v) is 5.26. The Morgan fingerprint density at radius 3 is 2.48 bits per heavy atom. The lowest BCUT2D eigenvalue weighted by Crippen LogP contribution is -2.28. The van der Waals surface area contributed by atoms with Gasteiger partial charge in [0.25, 0.3) is 0 Å². The summed E-state index contributed by atoms with van der Waals surface area (Å²) in [7, 11) is -3.99. The summed E-state index contributed by atoms with van der Waals surface area (Å²) in [6.07, 6.45) is 1.44. The van der Waals surface area contributed by atoms with E-state index in [1.54, 1.807) is 24.4 Å². The van der Waals surface area contributed by atoms with Gasteiger partial charge in [-0.1, -0.05) is 47.5 Å². The van der Waals surface area contributed by atoms with Crippen LogP contribution in [0.25, 0.3) is 0 Å². The largest absolute Gasteiger partial charge is 0.308 e. The van der Waals surface area contributed by atoms with Crippen molar-refractivity contribution in [2.24, 2.45) is 0 Å². The molecule has 0 aliphatic carbocycles. The fourth-order valence-electron chi connectivity index (χ4n) is 2.67. The topological polar surface area (TPSA) is 93.1 Å². The van der Waals surface area contributed by atoms with E-state index in [1.807, 2.05) is 0 Å². The zero-order valence-electron chi connectivity index (χ0n) is 15.8. The molecule has 31 heavy (non-hydrogen) atoms. The highest BCUT2D eigenvalue weighted by Crippen LogP contribution is 2.28. The molecule has 0 saturated carbocycles. The summed E-state index contributed by atoms with van der Waals surface area (Å²) in [5.74, 6) is -0.589. The third-order valence-corrected chi connectivity index (χ3v) is 7.09. The number of halogens is 4. The van der Waals surface area contributed by atoms with E-state index in [9.17, 15) is 17.6 Å². The van der Waals surface area contributed by atoms with Gasteiger partial charge in [-0.2, -0.15) is 5.10 Å². The lowest BCUT2D eigenvalue weighted by molar-refractivity contribution is -0.116. The molecule has 0 saturated heterocycles. The lowest BCUT2D eigenvalue weighted by atomic mass is 10.2. The van der Waals surface area contributed by atoms with Crippen LogP contribution in [-0.4, -0.2) is 30.7 Å². The fraction of sp³-hybridized carbons (Fsp3) is 0.158. The molecular formula is C19H16BrCl2FN4O3S. The molecule has 1 aromatic heterocycles. The molecule has 164 valence electrons. The van der Waals surface area contributed by atoms with Crippen molar-refractivity contribution in [3.8, 4) is 0 Å². The second-order valence-electron chi connectivity index (χ2n) is 6.36. The summed E-state index contributed by atoms with van der Waals surface area (Å²) in [5, 5.41) is 6.75. The Morgan fingerprint density at radius 1 is 1.13 bits per heavy atom. The number of nitrogens with one attached hydrogen (secondary N) is 2. The van der Waals surface area contributed by atoms with Gasteiger partial charge in [-0.15, -0.1) is 0 Å². The first-order chi connectivity index (χ1) is 14.7. The van der Waals surface area contributed by atoms with E-state index in [4.69, 9.17) is 23.2 Å². The van der Waals surface area contributed by atoms with E-state index < -0.39 is 15.9 Å². The van der Waals surface area contributed by atoms with Gasteiger partial charge in [-0.25, -0.2) is 17.5 Å². The van der Waals surface area contributed by atoms with Crippen LogP contribution in [0.15, 0.2) is 58.0 Å². The van der Waals surface area contributed by atoms with Gasteiger partial charge in [-0.05, 0) is 34.1 Å². The molecule has 3 rings (SSSR count). The number of sulfonamides is 1. The highest BCUT2D eigenvalue weighted by Gasteiger charge is 2.21. The lowest BCUT2D eigenvalue weighted by Gasteiger charge is -2.10. The van der Waals surface area contributed by atoms with Crippen LogP contribution in [0.5, 0.6) is 0 Å². The average Bonchev–Trinajstić information content (AvgIpc) is 3.02. The number of nitrogens with zero attached hydrogens (tertiary/aromatic N) is 2. The van der Waals surface area contributed by atoms with Gasteiger partial charge in [0.05, 0.1) is 21.1 Å². The maximum atomic E-state index is 13.8. The molecule has 2 N–H and O–H groups in total. The van der Waals surface area contributed by atoms with Crippen LogP contribution in [0.3, 0.4) is 0 Å². The summed E-state index contributed by atoms with van der Waals surface area (Å²) < 4.78 is 42.9. The Kier molecular flexibility index (Phi) is 7.71. The molecule has 3 aromatic rings. The van der Waals surface area contributed by atoms with E-state index in [2.05, 4.69) is 31.1 Å². The molecule has 0 aliphatic rings. The Hall–Kier alpha value is -1.98. The molecule has 1 heterocycles. The summed E-state index contributed by atoms with van der Waals surface area (Å²) >= 11 is 15.1. The van der Waals surface area contributed by atoms with Crippen molar-refractivity contribution < 1.29 is 17.6 Å². The Morgan fingerprint density at radius 2 is 1.81 bits per heavy atom. The van der Waals surface area contributed by atoms with E-state index in [-0.39, 0.29) is 46.1 Å². The van der Waals surface area contributed by atoms with Crippen molar-refractivity contribution >= 4 is 60.9 Å². The number of anilines is 1. The van der Waals surface area contributed by atoms with Gasteiger partial charge in [0, 0.05) is 24.7 Å². The summed E-state index contributed by atoms with van der Waals surface area (Å²) in [6, 6.07) is 10.6. The first kappa shape index (κ1) is 23.7. The van der Waals surface area contributed by atoms with Crippen molar-refractivity contribution in [2.45, 2.75) is 17.9 Å². The van der Waals surface area contributed by atoms with Crippen LogP contribution in [0, 0.1) is 5.82 Å². The number of hydrogen-bond acceptors (Lipinski definition) is 4. The van der Waals surface area contributed by atoms with Crippen molar-refractivity contribution in [3.63, 3.8) is 0 Å². The summed E-state index contributed by atoms with van der Waals surface area (Å²) in [6.45, 7) is 0.00279. The Bertz CT molecular complexity index is 1200. The van der Waals surface area contributed by atoms with Crippen molar-refractivity contribution in [2.75, 3.05) is 11.9 Å². The monoisotopic (exact) mass is 548 g/mol. The minimum Gasteiger partial charge on any atom is -0.308 e. The van der Waals surface area contributed by atoms with Crippen molar-refractivity contribution in [1.29, 1.82) is 0 Å². The first-order valence-electron chi connectivity index (χ1n) is 8.87. The molecule has 1 amide bonds. The quantitative estimate of drug-likeness (QED) is 0.434. The molecule has 0 atom stereocenters. The maximum absolute atomic E-state index is 13.8. The van der Waals surface area contributed by atoms with Gasteiger partial charge >= 0.3 is 0 Å². The molecule has 0 aliphatic heterocycles. The molecule has 0 radical (unpaired) electrons. The second kappa shape index (κ2) is 10.1. The van der Waals surface area contributed by atoms with Crippen LogP contribution >= 0.6 is 39.1 Å². The van der Waals surface area contributed by atoms with E-state index in [0.717, 1.165) is 0 Å². The van der Waals surface area contributed by atoms with Gasteiger partial charge in [-0.3, -0.25) is 9.48 Å². The first-order valence-corrected chi connectivity index (χ1v) is 11.9. The van der Waals surface area contributed by atoms with Crippen molar-refractivity contribution in [1.82, 2.24) is 14.5 Å². The van der Waals surface area contributed by atoms with Crippen molar-refractivity contribution in [3.05, 3.63) is 74.6 Å². The molecule has 0 bridgehead atoms. The van der Waals surface area contributed by atoms with Crippen LogP contribution < -0.4 is 10.0 Å². The van der Waals surface area contributed by atoms with Gasteiger partial charge in [0.1, 0.15) is 10.7 Å². The second-order valence-corrected chi connectivity index (χ2v) is 9.73. The van der Waals surface area contributed by atoms with E-state index in [0.29, 0.717) is 10.0 Å². The molecule has 12 heteroatoms. The number of carbonyl (C=O) groups is 1. The Labute approximate surface area is 196 Å². The number of carbonyl (C=O) groups excluding carboxylic acids is 1. The third-order valence-electron chi connectivity index (χ3n) is 4.10. The number of aromatic nitrogens is 2.